The predicted octanol–water partition coefficient (Wildman–Crippen LogP) is 2.71. The zero-order valence-corrected chi connectivity index (χ0v) is 12.8. The maximum atomic E-state index is 12.5. The van der Waals surface area contributed by atoms with Gasteiger partial charge in [-0.15, -0.1) is 23.7 Å². The molecular formula is C14H21ClN2OS. The summed E-state index contributed by atoms with van der Waals surface area (Å²) in [6.45, 7) is 2.82. The molecule has 0 unspecified atom stereocenters. The molecule has 1 aromatic heterocycles. The van der Waals surface area contributed by atoms with Gasteiger partial charge in [-0.1, -0.05) is 13.0 Å². The minimum Gasteiger partial charge on any atom is -0.351 e. The van der Waals surface area contributed by atoms with Gasteiger partial charge in [0.25, 0.3) is 0 Å². The molecule has 2 bridgehead atoms. The lowest BCUT2D eigenvalue weighted by Crippen LogP contribution is -2.47. The Hall–Kier alpha value is -0.580. The zero-order chi connectivity index (χ0) is 12.6. The summed E-state index contributed by atoms with van der Waals surface area (Å²) >= 11 is 1.70. The third-order valence-electron chi connectivity index (χ3n) is 4.60. The monoisotopic (exact) mass is 300 g/mol. The second kappa shape index (κ2) is 5.81. The summed E-state index contributed by atoms with van der Waals surface area (Å²) in [5.74, 6) is 0.248. The predicted molar refractivity (Wildman–Crippen MR) is 80.7 cm³/mol. The van der Waals surface area contributed by atoms with Crippen LogP contribution in [0.25, 0.3) is 0 Å². The number of halogens is 1. The van der Waals surface area contributed by atoms with Gasteiger partial charge in [-0.05, 0) is 37.1 Å². The molecule has 1 aromatic rings. The number of hydrogen-bond acceptors (Lipinski definition) is 3. The number of amides is 1. The number of thiophene rings is 1. The van der Waals surface area contributed by atoms with Gasteiger partial charge >= 0.3 is 0 Å². The lowest BCUT2D eigenvalue weighted by Gasteiger charge is -2.34. The smallest absolute Gasteiger partial charge is 0.228 e. The van der Waals surface area contributed by atoms with E-state index in [0.29, 0.717) is 18.6 Å². The Morgan fingerprint density at radius 3 is 2.95 bits per heavy atom. The molecule has 3 atom stereocenters. The standard InChI is InChI=1S/C14H20N2OS.ClH/c1-2-14(8-10-5-6-12(14)16-10)13(17)15-9-11-4-3-7-18-11;/h3-4,7,10,12,16H,2,5-6,8-9H2,1H3,(H,15,17);1H/t10-,12+,14+;/m0./s1. The van der Waals surface area contributed by atoms with E-state index < -0.39 is 0 Å². The maximum absolute atomic E-state index is 12.5. The van der Waals surface area contributed by atoms with Crippen molar-refractivity contribution in [1.82, 2.24) is 10.6 Å². The number of nitrogens with one attached hydrogen (secondary N) is 2. The lowest BCUT2D eigenvalue weighted by atomic mass is 9.71. The number of carbonyl (C=O) groups is 1. The van der Waals surface area contributed by atoms with E-state index in [2.05, 4.69) is 29.0 Å². The summed E-state index contributed by atoms with van der Waals surface area (Å²) in [7, 11) is 0. The number of hydrogen-bond donors (Lipinski definition) is 2. The molecule has 2 aliphatic heterocycles. The molecule has 1 amide bonds. The van der Waals surface area contributed by atoms with Crippen LogP contribution in [0.4, 0.5) is 0 Å². The minimum atomic E-state index is -0.153. The molecular weight excluding hydrogens is 280 g/mol. The molecule has 2 aliphatic rings. The normalized spacial score (nSPS) is 32.1. The Morgan fingerprint density at radius 2 is 2.42 bits per heavy atom. The molecule has 106 valence electrons. The first kappa shape index (κ1) is 14.8. The summed E-state index contributed by atoms with van der Waals surface area (Å²) in [6, 6.07) is 5.07. The Balaban J connectivity index is 0.00000133. The molecule has 3 rings (SSSR count). The minimum absolute atomic E-state index is 0. The van der Waals surface area contributed by atoms with E-state index >= 15 is 0 Å². The summed E-state index contributed by atoms with van der Waals surface area (Å²) in [4.78, 5) is 13.8. The van der Waals surface area contributed by atoms with Crippen molar-refractivity contribution in [2.24, 2.45) is 5.41 Å². The van der Waals surface area contributed by atoms with E-state index in [-0.39, 0.29) is 23.7 Å². The van der Waals surface area contributed by atoms with E-state index in [1.54, 1.807) is 11.3 Å². The van der Waals surface area contributed by atoms with Crippen molar-refractivity contribution in [1.29, 1.82) is 0 Å². The molecule has 0 aliphatic carbocycles. The van der Waals surface area contributed by atoms with Crippen LogP contribution in [0.2, 0.25) is 0 Å². The average molecular weight is 301 g/mol. The lowest BCUT2D eigenvalue weighted by molar-refractivity contribution is -0.132. The van der Waals surface area contributed by atoms with Gasteiger partial charge in [0.2, 0.25) is 5.91 Å². The van der Waals surface area contributed by atoms with E-state index in [0.717, 1.165) is 19.3 Å². The van der Waals surface area contributed by atoms with Gasteiger partial charge in [-0.25, -0.2) is 0 Å². The summed E-state index contributed by atoms with van der Waals surface area (Å²) in [5.41, 5.74) is -0.153. The molecule has 2 fully saturated rings. The first-order chi connectivity index (χ1) is 8.74. The van der Waals surface area contributed by atoms with Gasteiger partial charge in [0.15, 0.2) is 0 Å². The van der Waals surface area contributed by atoms with Crippen LogP contribution in [0.15, 0.2) is 17.5 Å². The van der Waals surface area contributed by atoms with Crippen molar-refractivity contribution < 1.29 is 4.79 Å². The van der Waals surface area contributed by atoms with Crippen molar-refractivity contribution >= 4 is 29.7 Å². The van der Waals surface area contributed by atoms with Gasteiger partial charge in [0, 0.05) is 17.0 Å². The topological polar surface area (TPSA) is 41.1 Å². The van der Waals surface area contributed by atoms with Gasteiger partial charge in [0.1, 0.15) is 0 Å². The molecule has 0 radical (unpaired) electrons. The third kappa shape index (κ3) is 2.54. The maximum Gasteiger partial charge on any atom is 0.228 e. The van der Waals surface area contributed by atoms with Gasteiger partial charge in [-0.2, -0.15) is 0 Å². The number of rotatable bonds is 4. The molecule has 2 saturated heterocycles. The van der Waals surface area contributed by atoms with Crippen LogP contribution < -0.4 is 10.6 Å². The van der Waals surface area contributed by atoms with Gasteiger partial charge < -0.3 is 10.6 Å². The van der Waals surface area contributed by atoms with Crippen molar-refractivity contribution in [2.45, 2.75) is 51.2 Å². The molecule has 19 heavy (non-hydrogen) atoms. The number of fused-ring (bicyclic) bond motifs is 2. The van der Waals surface area contributed by atoms with Crippen LogP contribution in [0.1, 0.15) is 37.5 Å². The molecule has 5 heteroatoms. The summed E-state index contributed by atoms with van der Waals surface area (Å²) in [5, 5.41) is 8.77. The van der Waals surface area contributed by atoms with Crippen LogP contribution in [-0.2, 0) is 11.3 Å². The van der Waals surface area contributed by atoms with Crippen LogP contribution in [-0.4, -0.2) is 18.0 Å². The summed E-state index contributed by atoms with van der Waals surface area (Å²) < 4.78 is 0. The Morgan fingerprint density at radius 1 is 1.58 bits per heavy atom. The molecule has 0 spiro atoms. The van der Waals surface area contributed by atoms with Crippen molar-refractivity contribution in [2.75, 3.05) is 0 Å². The van der Waals surface area contributed by atoms with Crippen molar-refractivity contribution in [3.63, 3.8) is 0 Å². The molecule has 2 N–H and O–H groups in total. The number of carbonyl (C=O) groups excluding carboxylic acids is 1. The molecule has 0 saturated carbocycles. The average Bonchev–Trinajstić information content (AvgIpc) is 3.11. The zero-order valence-electron chi connectivity index (χ0n) is 11.1. The van der Waals surface area contributed by atoms with Crippen LogP contribution in [0.3, 0.4) is 0 Å². The first-order valence-corrected chi connectivity index (χ1v) is 7.69. The van der Waals surface area contributed by atoms with Crippen molar-refractivity contribution in [3.8, 4) is 0 Å². The second-order valence-corrected chi connectivity index (χ2v) is 6.50. The van der Waals surface area contributed by atoms with E-state index in [4.69, 9.17) is 0 Å². The van der Waals surface area contributed by atoms with Gasteiger partial charge in [-0.3, -0.25) is 4.79 Å². The Labute approximate surface area is 124 Å². The third-order valence-corrected chi connectivity index (χ3v) is 5.48. The van der Waals surface area contributed by atoms with Crippen molar-refractivity contribution in [3.05, 3.63) is 22.4 Å². The quantitative estimate of drug-likeness (QED) is 0.898. The molecule has 3 heterocycles. The fraction of sp³-hybridized carbons (Fsp3) is 0.643. The van der Waals surface area contributed by atoms with Crippen LogP contribution in [0.5, 0.6) is 0 Å². The largest absolute Gasteiger partial charge is 0.351 e. The first-order valence-electron chi connectivity index (χ1n) is 6.81. The summed E-state index contributed by atoms with van der Waals surface area (Å²) in [6.07, 6.45) is 4.36. The fourth-order valence-electron chi connectivity index (χ4n) is 3.56. The Kier molecular flexibility index (Phi) is 4.54. The van der Waals surface area contributed by atoms with E-state index in [1.807, 2.05) is 6.07 Å². The van der Waals surface area contributed by atoms with Crippen LogP contribution >= 0.6 is 23.7 Å². The molecule has 0 aromatic carbocycles. The Bertz CT molecular complexity index is 437. The highest BCUT2D eigenvalue weighted by molar-refractivity contribution is 7.09. The van der Waals surface area contributed by atoms with Crippen LogP contribution in [0, 0.1) is 5.41 Å². The highest BCUT2D eigenvalue weighted by Crippen LogP contribution is 2.45. The molecule has 3 nitrogen and oxygen atoms in total. The van der Waals surface area contributed by atoms with Gasteiger partial charge in [0.05, 0.1) is 12.0 Å². The highest BCUT2D eigenvalue weighted by Gasteiger charge is 2.54. The van der Waals surface area contributed by atoms with E-state index in [9.17, 15) is 4.79 Å². The SMILES string of the molecule is CC[C@@]1(C(=O)NCc2cccs2)C[C@@H]2CC[C@H]1N2.Cl. The highest BCUT2D eigenvalue weighted by atomic mass is 35.5. The van der Waals surface area contributed by atoms with E-state index in [1.165, 1.54) is 11.3 Å². The second-order valence-electron chi connectivity index (χ2n) is 5.47. The fourth-order valence-corrected chi connectivity index (χ4v) is 4.20.